The molecule has 0 fully saturated rings. The average molecular weight is 854 g/mol. The summed E-state index contributed by atoms with van der Waals surface area (Å²) in [5, 5.41) is 40.8. The molecule has 15 N–H and O–H groups in total. The molecule has 0 aliphatic heterocycles. The number of aliphatic carboxylic acids is 3. The number of carboxylic acid groups (broad SMARTS) is 3. The summed E-state index contributed by atoms with van der Waals surface area (Å²) in [6, 6.07) is -3.15. The lowest BCUT2D eigenvalue weighted by atomic mass is 10.0. The van der Waals surface area contributed by atoms with E-state index in [9.17, 15) is 63.0 Å². The highest BCUT2D eigenvalue weighted by Crippen LogP contribution is 2.09. The van der Waals surface area contributed by atoms with Crippen LogP contribution in [0.3, 0.4) is 0 Å². The van der Waals surface area contributed by atoms with Gasteiger partial charge >= 0.3 is 17.9 Å². The molecule has 1 aromatic rings. The monoisotopic (exact) mass is 853 g/mol. The van der Waals surface area contributed by atoms with Crippen LogP contribution in [-0.4, -0.2) is 129 Å². The molecule has 0 aromatic heterocycles. The van der Waals surface area contributed by atoms with Gasteiger partial charge in [-0.1, -0.05) is 44.2 Å². The Morgan fingerprint density at radius 1 is 0.576 bits per heavy atom. The van der Waals surface area contributed by atoms with E-state index in [1.54, 1.807) is 30.3 Å². The van der Waals surface area contributed by atoms with Gasteiger partial charge in [0.2, 0.25) is 47.3 Å². The molecular formula is C35H51N9O14S. The van der Waals surface area contributed by atoms with Crippen LogP contribution in [0, 0.1) is 5.92 Å². The van der Waals surface area contributed by atoms with Crippen molar-refractivity contribution in [3.05, 3.63) is 35.9 Å². The predicted octanol–water partition coefficient (Wildman–Crippen LogP) is -4.38. The van der Waals surface area contributed by atoms with Gasteiger partial charge in [-0.05, 0) is 24.3 Å². The molecule has 7 atom stereocenters. The van der Waals surface area contributed by atoms with Crippen LogP contribution in [0.5, 0.6) is 0 Å². The molecule has 0 aliphatic rings. The summed E-state index contributed by atoms with van der Waals surface area (Å²) >= 11 is 3.94. The lowest BCUT2D eigenvalue weighted by Crippen LogP contribution is -2.61. The summed E-state index contributed by atoms with van der Waals surface area (Å²) < 4.78 is 0. The third-order valence-electron chi connectivity index (χ3n) is 8.14. The van der Waals surface area contributed by atoms with E-state index >= 15 is 0 Å². The maximum absolute atomic E-state index is 13.6. The lowest BCUT2D eigenvalue weighted by Gasteiger charge is -2.26. The van der Waals surface area contributed by atoms with Crippen molar-refractivity contribution in [2.75, 3.05) is 5.75 Å². The van der Waals surface area contributed by atoms with E-state index in [2.05, 4.69) is 33.9 Å². The molecule has 0 saturated carbocycles. The van der Waals surface area contributed by atoms with Gasteiger partial charge in [0, 0.05) is 18.6 Å². The van der Waals surface area contributed by atoms with Crippen molar-refractivity contribution < 1.29 is 68.1 Å². The number of thiol groups is 1. The summed E-state index contributed by atoms with van der Waals surface area (Å²) in [5.41, 5.74) is 17.2. The van der Waals surface area contributed by atoms with Crippen LogP contribution in [0.4, 0.5) is 0 Å². The van der Waals surface area contributed by atoms with Gasteiger partial charge in [0.1, 0.15) is 36.3 Å². The average Bonchev–Trinajstić information content (AvgIpc) is 3.13. The first-order valence-corrected chi connectivity index (χ1v) is 18.6. The van der Waals surface area contributed by atoms with Crippen LogP contribution >= 0.6 is 12.6 Å². The van der Waals surface area contributed by atoms with E-state index in [1.807, 2.05) is 24.5 Å². The van der Waals surface area contributed by atoms with Crippen molar-refractivity contribution in [3.8, 4) is 0 Å². The Morgan fingerprint density at radius 2 is 0.983 bits per heavy atom. The zero-order valence-corrected chi connectivity index (χ0v) is 33.1. The Labute approximate surface area is 343 Å². The Bertz CT molecular complexity index is 1710. The topological polar surface area (TPSA) is 399 Å². The van der Waals surface area contributed by atoms with Crippen LogP contribution in [0.25, 0.3) is 0 Å². The number of primary amides is 2. The van der Waals surface area contributed by atoms with Gasteiger partial charge in [-0.15, -0.1) is 0 Å². The quantitative estimate of drug-likeness (QED) is 0.0372. The molecule has 0 bridgehead atoms. The Morgan fingerprint density at radius 3 is 1.39 bits per heavy atom. The van der Waals surface area contributed by atoms with E-state index in [0.29, 0.717) is 5.56 Å². The number of hydrogen-bond acceptors (Lipinski definition) is 13. The first-order valence-electron chi connectivity index (χ1n) is 18.0. The minimum atomic E-state index is -2.02. The second kappa shape index (κ2) is 25.1. The third-order valence-corrected chi connectivity index (χ3v) is 8.51. The van der Waals surface area contributed by atoms with E-state index in [4.69, 9.17) is 22.3 Å². The van der Waals surface area contributed by atoms with Gasteiger partial charge in [-0.2, -0.15) is 12.6 Å². The minimum absolute atomic E-state index is 0.0215. The van der Waals surface area contributed by atoms with Gasteiger partial charge in [-0.3, -0.25) is 47.9 Å². The molecule has 23 nitrogen and oxygen atoms in total. The normalized spacial score (nSPS) is 14.4. The molecule has 0 aliphatic carbocycles. The largest absolute Gasteiger partial charge is 0.481 e. The molecule has 326 valence electrons. The number of amides is 8. The smallest absolute Gasteiger partial charge is 0.326 e. The van der Waals surface area contributed by atoms with E-state index in [0.717, 1.165) is 0 Å². The van der Waals surface area contributed by atoms with Crippen LogP contribution in [0.2, 0.25) is 0 Å². The molecule has 0 radical (unpaired) electrons. The summed E-state index contributed by atoms with van der Waals surface area (Å²) in [4.78, 5) is 138. The molecule has 0 heterocycles. The fraction of sp³-hybridized carbons (Fsp3) is 0.514. The number of hydrogen-bond donors (Lipinski definition) is 13. The van der Waals surface area contributed by atoms with Crippen molar-refractivity contribution in [3.63, 3.8) is 0 Å². The highest BCUT2D eigenvalue weighted by molar-refractivity contribution is 7.80. The van der Waals surface area contributed by atoms with Crippen LogP contribution < -0.4 is 49.1 Å². The Kier molecular flexibility index (Phi) is 21.6. The zero-order valence-electron chi connectivity index (χ0n) is 32.2. The van der Waals surface area contributed by atoms with Crippen molar-refractivity contribution in [1.29, 1.82) is 0 Å². The lowest BCUT2D eigenvalue weighted by molar-refractivity contribution is -0.144. The fourth-order valence-corrected chi connectivity index (χ4v) is 5.50. The molecule has 0 spiro atoms. The molecule has 8 amide bonds. The third kappa shape index (κ3) is 19.6. The number of carboxylic acids is 3. The number of nitrogens with one attached hydrogen (secondary N) is 6. The number of carbonyl (C=O) groups is 11. The van der Waals surface area contributed by atoms with Gasteiger partial charge in [0.15, 0.2) is 0 Å². The second-order valence-electron chi connectivity index (χ2n) is 13.7. The molecule has 24 heteroatoms. The Balaban J connectivity index is 3.32. The van der Waals surface area contributed by atoms with Crippen molar-refractivity contribution in [2.24, 2.45) is 23.1 Å². The summed E-state index contributed by atoms with van der Waals surface area (Å²) in [6.07, 6.45) is -3.97. The minimum Gasteiger partial charge on any atom is -0.481 e. The van der Waals surface area contributed by atoms with E-state index in [-0.39, 0.29) is 18.8 Å². The van der Waals surface area contributed by atoms with Gasteiger partial charge < -0.3 is 64.4 Å². The highest BCUT2D eigenvalue weighted by Gasteiger charge is 2.35. The molecule has 1 rings (SSSR count). The maximum Gasteiger partial charge on any atom is 0.326 e. The summed E-state index contributed by atoms with van der Waals surface area (Å²) in [6.45, 7) is 3.66. The van der Waals surface area contributed by atoms with E-state index in [1.165, 1.54) is 0 Å². The summed E-state index contributed by atoms with van der Waals surface area (Å²) in [5.74, 6) is -14.2. The van der Waals surface area contributed by atoms with Crippen LogP contribution in [0.15, 0.2) is 30.3 Å². The van der Waals surface area contributed by atoms with Gasteiger partial charge in [0.05, 0.1) is 25.3 Å². The van der Waals surface area contributed by atoms with Crippen molar-refractivity contribution in [2.45, 2.75) is 101 Å². The van der Waals surface area contributed by atoms with Gasteiger partial charge in [0.25, 0.3) is 0 Å². The predicted molar refractivity (Wildman–Crippen MR) is 207 cm³/mol. The molecule has 0 unspecified atom stereocenters. The first-order chi connectivity index (χ1) is 27.5. The van der Waals surface area contributed by atoms with Gasteiger partial charge in [-0.25, -0.2) is 4.79 Å². The number of carbonyl (C=O) groups excluding carboxylic acids is 8. The number of benzene rings is 1. The Hall–Kier alpha value is -6.30. The molecule has 59 heavy (non-hydrogen) atoms. The van der Waals surface area contributed by atoms with Crippen molar-refractivity contribution in [1.82, 2.24) is 31.9 Å². The molecule has 0 saturated heterocycles. The highest BCUT2D eigenvalue weighted by atomic mass is 32.1. The molecular weight excluding hydrogens is 803 g/mol. The van der Waals surface area contributed by atoms with Crippen LogP contribution in [0.1, 0.15) is 57.9 Å². The SMILES string of the molecule is CC(C)C[C@H](N)C(=O)N[C@@H](Cc1ccccc1)C(=O)N[C@@H](CC(N)=O)C(=O)N[C@@H](CC(N)=O)C(=O)N[C@@H](CC(=O)O)C(=O)N[C@@H](CS)C(=O)N[C@@H](CCC(=O)O)C(=O)O. The second-order valence-corrected chi connectivity index (χ2v) is 14.0. The van der Waals surface area contributed by atoms with Crippen molar-refractivity contribution >= 4 is 77.8 Å². The van der Waals surface area contributed by atoms with E-state index < -0.39 is 145 Å². The molecule has 1 aromatic carbocycles. The number of rotatable bonds is 27. The standard InChI is InChI=1S/C35H51N9O14S/c1-16(2)10-18(36)29(51)40-20(11-17-6-4-3-5-7-17)30(52)41-21(12-25(37)45)31(53)42-22(13-26(38)46)32(54)43-23(14-28(49)50)33(55)44-24(15-59)34(56)39-19(35(57)58)8-9-27(47)48/h3-7,16,18-24,59H,8-15,36H2,1-2H3,(H2,37,45)(H2,38,46)(H,39,56)(H,40,51)(H,41,52)(H,42,53)(H,43,54)(H,44,55)(H,47,48)(H,49,50)(H,57,58)/t18-,19-,20-,21-,22-,23-,24-/m0/s1. The fourth-order valence-electron chi connectivity index (χ4n) is 5.24. The zero-order chi connectivity index (χ0) is 45.0. The maximum atomic E-state index is 13.6. The van der Waals surface area contributed by atoms with Crippen LogP contribution in [-0.2, 0) is 59.2 Å². The first kappa shape index (κ1) is 50.7. The summed E-state index contributed by atoms with van der Waals surface area (Å²) in [7, 11) is 0. The number of nitrogens with two attached hydrogens (primary N) is 3.